The van der Waals surface area contributed by atoms with Gasteiger partial charge in [-0.2, -0.15) is 0 Å². The van der Waals surface area contributed by atoms with E-state index in [-0.39, 0.29) is 0 Å². The predicted octanol–water partition coefficient (Wildman–Crippen LogP) is 1.83. The van der Waals surface area contributed by atoms with Gasteiger partial charge in [0.15, 0.2) is 0 Å². The van der Waals surface area contributed by atoms with Crippen molar-refractivity contribution in [2.45, 2.75) is 12.3 Å². The second-order valence-corrected chi connectivity index (χ2v) is 4.46. The quantitative estimate of drug-likeness (QED) is 0.802. The molecule has 0 spiro atoms. The normalized spacial score (nSPS) is 24.8. The fourth-order valence-electron chi connectivity index (χ4n) is 1.91. The van der Waals surface area contributed by atoms with E-state index in [1.165, 1.54) is 11.3 Å². The Morgan fingerprint density at radius 2 is 2.62 bits per heavy atom. The molecule has 1 aromatic heterocycles. The van der Waals surface area contributed by atoms with Crippen LogP contribution in [0.5, 0.6) is 0 Å². The van der Waals surface area contributed by atoms with Gasteiger partial charge in [-0.1, -0.05) is 6.07 Å². The molecule has 0 aromatic carbocycles. The first-order valence-corrected chi connectivity index (χ1v) is 5.61. The van der Waals surface area contributed by atoms with E-state index in [2.05, 4.69) is 17.5 Å². The molecule has 2 atom stereocenters. The fourth-order valence-corrected chi connectivity index (χ4v) is 2.85. The Bertz CT molecular complexity index is 241. The highest BCUT2D eigenvalue weighted by Gasteiger charge is 2.26. The van der Waals surface area contributed by atoms with Gasteiger partial charge in [0.05, 0.1) is 6.61 Å². The third-order valence-electron chi connectivity index (χ3n) is 2.70. The highest BCUT2D eigenvalue weighted by molar-refractivity contribution is 7.10. The van der Waals surface area contributed by atoms with Gasteiger partial charge in [-0.15, -0.1) is 11.3 Å². The Hall–Kier alpha value is -0.380. The molecule has 72 valence electrons. The molecule has 0 saturated carbocycles. The summed E-state index contributed by atoms with van der Waals surface area (Å²) in [6, 6.07) is 4.28. The summed E-state index contributed by atoms with van der Waals surface area (Å²) in [6.07, 6.45) is 1.17. The van der Waals surface area contributed by atoms with Crippen LogP contribution in [0, 0.1) is 5.92 Å². The van der Waals surface area contributed by atoms with E-state index < -0.39 is 0 Å². The van der Waals surface area contributed by atoms with Gasteiger partial charge in [-0.3, -0.25) is 0 Å². The second-order valence-electron chi connectivity index (χ2n) is 3.48. The SMILES string of the molecule is NCC(c1cccs1)C1CCOC1. The molecule has 1 aliphatic rings. The summed E-state index contributed by atoms with van der Waals surface area (Å²) in [6.45, 7) is 2.54. The standard InChI is InChI=1S/C10H15NOS/c11-6-9(8-3-4-12-7-8)10-2-1-5-13-10/h1-2,5,8-9H,3-4,6-7,11H2. The molecule has 1 fully saturated rings. The molecule has 1 saturated heterocycles. The molecule has 3 heteroatoms. The van der Waals surface area contributed by atoms with Crippen molar-refractivity contribution in [3.05, 3.63) is 22.4 Å². The van der Waals surface area contributed by atoms with Gasteiger partial charge < -0.3 is 10.5 Å². The van der Waals surface area contributed by atoms with Crippen LogP contribution in [0.2, 0.25) is 0 Å². The first kappa shape index (κ1) is 9.19. The summed E-state index contributed by atoms with van der Waals surface area (Å²) in [7, 11) is 0. The molecule has 0 radical (unpaired) electrons. The lowest BCUT2D eigenvalue weighted by atomic mass is 9.90. The fraction of sp³-hybridized carbons (Fsp3) is 0.600. The van der Waals surface area contributed by atoms with Gasteiger partial charge in [0.1, 0.15) is 0 Å². The molecule has 0 aliphatic carbocycles. The maximum Gasteiger partial charge on any atom is 0.0501 e. The third kappa shape index (κ3) is 1.93. The van der Waals surface area contributed by atoms with Crippen molar-refractivity contribution in [2.24, 2.45) is 11.7 Å². The lowest BCUT2D eigenvalue weighted by Gasteiger charge is -2.18. The number of thiophene rings is 1. The van der Waals surface area contributed by atoms with Crippen LogP contribution in [-0.2, 0) is 4.74 Å². The van der Waals surface area contributed by atoms with Crippen molar-refractivity contribution >= 4 is 11.3 Å². The first-order chi connectivity index (χ1) is 6.42. The lowest BCUT2D eigenvalue weighted by molar-refractivity contribution is 0.181. The minimum Gasteiger partial charge on any atom is -0.381 e. The first-order valence-electron chi connectivity index (χ1n) is 4.73. The summed E-state index contributed by atoms with van der Waals surface area (Å²) in [5.74, 6) is 1.16. The largest absolute Gasteiger partial charge is 0.381 e. The Morgan fingerprint density at radius 3 is 3.15 bits per heavy atom. The number of ether oxygens (including phenoxy) is 1. The monoisotopic (exact) mass is 197 g/mol. The van der Waals surface area contributed by atoms with E-state index >= 15 is 0 Å². The zero-order valence-electron chi connectivity index (χ0n) is 7.61. The minimum absolute atomic E-state index is 0.516. The van der Waals surface area contributed by atoms with Crippen LogP contribution in [0.4, 0.5) is 0 Å². The summed E-state index contributed by atoms with van der Waals surface area (Å²) in [5.41, 5.74) is 5.79. The van der Waals surface area contributed by atoms with Crippen molar-refractivity contribution in [3.63, 3.8) is 0 Å². The van der Waals surface area contributed by atoms with Crippen LogP contribution in [0.25, 0.3) is 0 Å². The van der Waals surface area contributed by atoms with Gasteiger partial charge in [0.25, 0.3) is 0 Å². The molecule has 1 aliphatic heterocycles. The molecule has 2 unspecified atom stereocenters. The zero-order chi connectivity index (χ0) is 9.10. The van der Waals surface area contributed by atoms with E-state index in [1.807, 2.05) is 0 Å². The van der Waals surface area contributed by atoms with Crippen LogP contribution in [0.1, 0.15) is 17.2 Å². The summed E-state index contributed by atoms with van der Waals surface area (Å²) in [5, 5.41) is 2.12. The number of nitrogens with two attached hydrogens (primary N) is 1. The van der Waals surface area contributed by atoms with Gasteiger partial charge in [-0.25, -0.2) is 0 Å². The zero-order valence-corrected chi connectivity index (χ0v) is 8.43. The molecular weight excluding hydrogens is 182 g/mol. The maximum atomic E-state index is 5.79. The summed E-state index contributed by atoms with van der Waals surface area (Å²) >= 11 is 1.81. The van der Waals surface area contributed by atoms with Gasteiger partial charge in [0.2, 0.25) is 0 Å². The summed E-state index contributed by atoms with van der Waals surface area (Å²) in [4.78, 5) is 1.41. The van der Waals surface area contributed by atoms with E-state index in [9.17, 15) is 0 Å². The van der Waals surface area contributed by atoms with Gasteiger partial charge in [0, 0.05) is 23.9 Å². The van der Waals surface area contributed by atoms with E-state index in [0.29, 0.717) is 11.8 Å². The van der Waals surface area contributed by atoms with Crippen molar-refractivity contribution < 1.29 is 4.74 Å². The van der Waals surface area contributed by atoms with Crippen molar-refractivity contribution in [1.29, 1.82) is 0 Å². The van der Waals surface area contributed by atoms with Crippen molar-refractivity contribution in [2.75, 3.05) is 19.8 Å². The van der Waals surface area contributed by atoms with Crippen LogP contribution in [0.3, 0.4) is 0 Å². The average molecular weight is 197 g/mol. The maximum absolute atomic E-state index is 5.79. The van der Waals surface area contributed by atoms with Crippen molar-refractivity contribution in [3.8, 4) is 0 Å². The Kier molecular flexibility index (Phi) is 2.98. The molecule has 13 heavy (non-hydrogen) atoms. The number of rotatable bonds is 3. The predicted molar refractivity (Wildman–Crippen MR) is 55.0 cm³/mol. The Labute approximate surface area is 82.7 Å². The summed E-state index contributed by atoms with van der Waals surface area (Å²) < 4.78 is 5.39. The van der Waals surface area contributed by atoms with E-state index in [0.717, 1.165) is 19.8 Å². The van der Waals surface area contributed by atoms with E-state index in [4.69, 9.17) is 10.5 Å². The smallest absolute Gasteiger partial charge is 0.0501 e. The topological polar surface area (TPSA) is 35.2 Å². The molecule has 2 nitrogen and oxygen atoms in total. The van der Waals surface area contributed by atoms with E-state index in [1.54, 1.807) is 11.3 Å². The van der Waals surface area contributed by atoms with Crippen LogP contribution in [-0.4, -0.2) is 19.8 Å². The number of hydrogen-bond donors (Lipinski definition) is 1. The molecule has 1 aromatic rings. The Balaban J connectivity index is 2.08. The van der Waals surface area contributed by atoms with Gasteiger partial charge >= 0.3 is 0 Å². The minimum atomic E-state index is 0.516. The third-order valence-corrected chi connectivity index (χ3v) is 3.70. The molecule has 2 heterocycles. The highest BCUT2D eigenvalue weighted by atomic mass is 32.1. The van der Waals surface area contributed by atoms with Crippen LogP contribution in [0.15, 0.2) is 17.5 Å². The molecular formula is C10H15NOS. The average Bonchev–Trinajstić information content (AvgIpc) is 2.76. The molecule has 2 N–H and O–H groups in total. The van der Waals surface area contributed by atoms with Gasteiger partial charge in [-0.05, 0) is 23.8 Å². The molecule has 2 rings (SSSR count). The number of hydrogen-bond acceptors (Lipinski definition) is 3. The highest BCUT2D eigenvalue weighted by Crippen LogP contribution is 2.32. The molecule has 0 amide bonds. The lowest BCUT2D eigenvalue weighted by Crippen LogP contribution is -2.20. The second kappa shape index (κ2) is 4.22. The van der Waals surface area contributed by atoms with Crippen molar-refractivity contribution in [1.82, 2.24) is 0 Å². The Morgan fingerprint density at radius 1 is 1.69 bits per heavy atom. The van der Waals surface area contributed by atoms with Crippen LogP contribution < -0.4 is 5.73 Å². The molecule has 0 bridgehead atoms. The van der Waals surface area contributed by atoms with Crippen LogP contribution >= 0.6 is 11.3 Å².